The molecular weight excluding hydrogens is 387 g/mol. The normalized spacial score (nSPS) is 16.6. The van der Waals surface area contributed by atoms with Crippen molar-refractivity contribution in [2.45, 2.75) is 38.1 Å². The van der Waals surface area contributed by atoms with Crippen LogP contribution < -0.4 is 5.32 Å². The molecule has 1 N–H and O–H groups in total. The summed E-state index contributed by atoms with van der Waals surface area (Å²) < 4.78 is 18.8. The van der Waals surface area contributed by atoms with Crippen LogP contribution in [0, 0.1) is 5.82 Å². The number of rotatable bonds is 5. The van der Waals surface area contributed by atoms with Gasteiger partial charge in [-0.1, -0.05) is 12.1 Å². The van der Waals surface area contributed by atoms with E-state index in [1.807, 2.05) is 0 Å². The minimum Gasteiger partial charge on any atom is -0.440 e. The fourth-order valence-electron chi connectivity index (χ4n) is 3.38. The third-order valence-corrected chi connectivity index (χ3v) is 5.20. The van der Waals surface area contributed by atoms with Crippen LogP contribution in [0.2, 0.25) is 0 Å². The molecule has 2 aromatic carbocycles. The zero-order valence-electron chi connectivity index (χ0n) is 16.1. The number of nitrogens with zero attached hydrogens (tertiary/aromatic N) is 3. The average molecular weight is 406 g/mol. The third kappa shape index (κ3) is 3.80. The van der Waals surface area contributed by atoms with Crippen molar-refractivity contribution in [2.75, 3.05) is 5.32 Å². The summed E-state index contributed by atoms with van der Waals surface area (Å²) >= 11 is 0. The predicted molar refractivity (Wildman–Crippen MR) is 108 cm³/mol. The molecule has 1 fully saturated rings. The molecule has 2 aliphatic rings. The van der Waals surface area contributed by atoms with Gasteiger partial charge in [0.05, 0.1) is 6.54 Å². The number of fused-ring (bicyclic) bond motifs is 1. The van der Waals surface area contributed by atoms with E-state index >= 15 is 0 Å². The van der Waals surface area contributed by atoms with Crippen molar-refractivity contribution in [1.82, 2.24) is 9.99 Å². The molecule has 0 spiro atoms. The molecule has 1 aliphatic heterocycles. The summed E-state index contributed by atoms with van der Waals surface area (Å²) in [5.41, 5.74) is 3.00. The summed E-state index contributed by atoms with van der Waals surface area (Å²) in [4.78, 5) is 29.4. The van der Waals surface area contributed by atoms with E-state index in [2.05, 4.69) is 15.4 Å². The SMILES string of the molecule is O=C(Nc1ccc2oc(C3CC3)nc2c1)C1=NN(Cc2ccc(F)cc2)C(=O)CC1. The van der Waals surface area contributed by atoms with Crippen molar-refractivity contribution >= 4 is 34.3 Å². The lowest BCUT2D eigenvalue weighted by atomic mass is 10.1. The number of amides is 2. The molecule has 8 heteroatoms. The summed E-state index contributed by atoms with van der Waals surface area (Å²) in [6.45, 7) is 0.185. The second-order valence-corrected chi connectivity index (χ2v) is 7.59. The van der Waals surface area contributed by atoms with E-state index in [1.54, 1.807) is 30.3 Å². The molecule has 0 saturated heterocycles. The van der Waals surface area contributed by atoms with Gasteiger partial charge < -0.3 is 9.73 Å². The molecular formula is C22H19FN4O3. The molecule has 152 valence electrons. The van der Waals surface area contributed by atoms with E-state index in [4.69, 9.17) is 4.42 Å². The van der Waals surface area contributed by atoms with E-state index < -0.39 is 0 Å². The molecule has 30 heavy (non-hydrogen) atoms. The van der Waals surface area contributed by atoms with Gasteiger partial charge in [0.15, 0.2) is 11.5 Å². The van der Waals surface area contributed by atoms with E-state index in [1.165, 1.54) is 17.1 Å². The van der Waals surface area contributed by atoms with Crippen molar-refractivity contribution in [3.63, 3.8) is 0 Å². The predicted octanol–water partition coefficient (Wildman–Crippen LogP) is 3.96. The first-order chi connectivity index (χ1) is 14.5. The number of halogens is 1. The van der Waals surface area contributed by atoms with Crippen LogP contribution in [0.15, 0.2) is 52.0 Å². The van der Waals surface area contributed by atoms with E-state index in [0.29, 0.717) is 22.7 Å². The van der Waals surface area contributed by atoms with Crippen LogP contribution in [-0.2, 0) is 16.1 Å². The quantitative estimate of drug-likeness (QED) is 0.695. The summed E-state index contributed by atoms with van der Waals surface area (Å²) in [5.74, 6) is 0.279. The number of carbonyl (C=O) groups excluding carboxylic acids is 2. The molecule has 1 aromatic heterocycles. The van der Waals surface area contributed by atoms with E-state index in [-0.39, 0.29) is 42.7 Å². The van der Waals surface area contributed by atoms with Crippen LogP contribution in [0.1, 0.15) is 43.1 Å². The lowest BCUT2D eigenvalue weighted by Gasteiger charge is -2.23. The molecule has 2 amide bonds. The molecule has 3 aromatic rings. The average Bonchev–Trinajstić information content (AvgIpc) is 3.50. The molecule has 1 aliphatic carbocycles. The maximum Gasteiger partial charge on any atom is 0.271 e. The Morgan fingerprint density at radius 1 is 1.17 bits per heavy atom. The smallest absolute Gasteiger partial charge is 0.271 e. The standard InChI is InChI=1S/C22H19FN4O3/c23-15-5-1-13(2-6-15)12-27-20(28)10-8-17(26-27)21(29)24-16-7-9-19-18(11-16)25-22(30-19)14-3-4-14/h1-2,5-7,9,11,14H,3-4,8,10,12H2,(H,24,29). The van der Waals surface area contributed by atoms with Gasteiger partial charge >= 0.3 is 0 Å². The maximum absolute atomic E-state index is 13.1. The Bertz CT molecular complexity index is 1160. The van der Waals surface area contributed by atoms with Crippen LogP contribution in [0.25, 0.3) is 11.1 Å². The number of hydrazone groups is 1. The minimum absolute atomic E-state index is 0.174. The first-order valence-electron chi connectivity index (χ1n) is 9.89. The number of oxazole rings is 1. The maximum atomic E-state index is 13.1. The zero-order valence-corrected chi connectivity index (χ0v) is 16.1. The summed E-state index contributed by atoms with van der Waals surface area (Å²) in [6, 6.07) is 11.2. The van der Waals surface area contributed by atoms with Crippen molar-refractivity contribution < 1.29 is 18.4 Å². The first-order valence-corrected chi connectivity index (χ1v) is 9.89. The Balaban J connectivity index is 1.31. The number of benzene rings is 2. The Hall–Kier alpha value is -3.55. The van der Waals surface area contributed by atoms with Gasteiger partial charge in [0.2, 0.25) is 5.91 Å². The number of hydrogen-bond acceptors (Lipinski definition) is 5. The van der Waals surface area contributed by atoms with Gasteiger partial charge in [0.1, 0.15) is 17.0 Å². The van der Waals surface area contributed by atoms with Crippen molar-refractivity contribution in [2.24, 2.45) is 5.10 Å². The topological polar surface area (TPSA) is 87.8 Å². The van der Waals surface area contributed by atoms with E-state index in [9.17, 15) is 14.0 Å². The highest BCUT2D eigenvalue weighted by molar-refractivity contribution is 6.43. The highest BCUT2D eigenvalue weighted by Gasteiger charge is 2.29. The summed E-state index contributed by atoms with van der Waals surface area (Å²) in [6.07, 6.45) is 2.66. The molecule has 2 heterocycles. The van der Waals surface area contributed by atoms with Crippen LogP contribution in [0.3, 0.4) is 0 Å². The number of nitrogens with one attached hydrogen (secondary N) is 1. The second-order valence-electron chi connectivity index (χ2n) is 7.59. The Morgan fingerprint density at radius 3 is 2.73 bits per heavy atom. The van der Waals surface area contributed by atoms with Gasteiger partial charge in [-0.15, -0.1) is 0 Å². The van der Waals surface area contributed by atoms with Crippen LogP contribution in [-0.4, -0.2) is 27.5 Å². The van der Waals surface area contributed by atoms with Crippen LogP contribution in [0.4, 0.5) is 10.1 Å². The Morgan fingerprint density at radius 2 is 1.97 bits per heavy atom. The minimum atomic E-state index is -0.364. The zero-order chi connectivity index (χ0) is 20.7. The second kappa shape index (κ2) is 7.37. The lowest BCUT2D eigenvalue weighted by Crippen LogP contribution is -2.36. The molecule has 5 rings (SSSR count). The third-order valence-electron chi connectivity index (χ3n) is 5.20. The highest BCUT2D eigenvalue weighted by Crippen LogP contribution is 2.40. The number of aromatic nitrogens is 1. The monoisotopic (exact) mass is 406 g/mol. The molecule has 0 radical (unpaired) electrons. The van der Waals surface area contributed by atoms with Gasteiger partial charge in [0.25, 0.3) is 5.91 Å². The van der Waals surface area contributed by atoms with Crippen LogP contribution in [0.5, 0.6) is 0 Å². The fraction of sp³-hybridized carbons (Fsp3) is 0.273. The Kier molecular flexibility index (Phi) is 4.54. The molecule has 0 bridgehead atoms. The number of anilines is 1. The number of carbonyl (C=O) groups is 2. The summed E-state index contributed by atoms with van der Waals surface area (Å²) in [7, 11) is 0. The van der Waals surface area contributed by atoms with Crippen molar-refractivity contribution in [1.29, 1.82) is 0 Å². The van der Waals surface area contributed by atoms with Gasteiger partial charge in [-0.2, -0.15) is 5.10 Å². The molecule has 1 saturated carbocycles. The molecule has 0 atom stereocenters. The molecule has 7 nitrogen and oxygen atoms in total. The number of hydrogen-bond donors (Lipinski definition) is 1. The fourth-order valence-corrected chi connectivity index (χ4v) is 3.38. The van der Waals surface area contributed by atoms with Crippen molar-refractivity contribution in [3.8, 4) is 0 Å². The van der Waals surface area contributed by atoms with Crippen LogP contribution >= 0.6 is 0 Å². The summed E-state index contributed by atoms with van der Waals surface area (Å²) in [5, 5.41) is 8.32. The van der Waals surface area contributed by atoms with Gasteiger partial charge in [0, 0.05) is 24.4 Å². The first kappa shape index (κ1) is 18.5. The van der Waals surface area contributed by atoms with Crippen molar-refractivity contribution in [3.05, 3.63) is 59.7 Å². The van der Waals surface area contributed by atoms with Gasteiger partial charge in [-0.05, 0) is 48.7 Å². The van der Waals surface area contributed by atoms with Gasteiger partial charge in [-0.25, -0.2) is 14.4 Å². The molecule has 0 unspecified atom stereocenters. The van der Waals surface area contributed by atoms with E-state index in [0.717, 1.165) is 24.3 Å². The largest absolute Gasteiger partial charge is 0.440 e. The lowest BCUT2D eigenvalue weighted by molar-refractivity contribution is -0.132. The van der Waals surface area contributed by atoms with Gasteiger partial charge in [-0.3, -0.25) is 9.59 Å². The highest BCUT2D eigenvalue weighted by atomic mass is 19.1. The Labute approximate surface area is 171 Å².